The Labute approximate surface area is 90.1 Å². The molecule has 1 aromatic heterocycles. The van der Waals surface area contributed by atoms with Crippen molar-refractivity contribution in [3.63, 3.8) is 0 Å². The highest BCUT2D eigenvalue weighted by Gasteiger charge is 2.39. The maximum Gasteiger partial charge on any atom is 0.213 e. The smallest absolute Gasteiger partial charge is 0.213 e. The summed E-state index contributed by atoms with van der Waals surface area (Å²) in [6.45, 7) is 3.74. The van der Waals surface area contributed by atoms with Crippen LogP contribution in [0.25, 0.3) is 0 Å². The van der Waals surface area contributed by atoms with E-state index in [1.807, 2.05) is 12.1 Å². The van der Waals surface area contributed by atoms with Gasteiger partial charge in [0.05, 0.1) is 7.11 Å². The summed E-state index contributed by atoms with van der Waals surface area (Å²) in [5, 5.41) is 0. The minimum absolute atomic E-state index is 0.633. The molecule has 0 amide bonds. The first-order valence-electron chi connectivity index (χ1n) is 5.60. The van der Waals surface area contributed by atoms with Gasteiger partial charge in [0, 0.05) is 30.8 Å². The third-order valence-electron chi connectivity index (χ3n) is 3.67. The predicted octanol–water partition coefficient (Wildman–Crippen LogP) is 1.51. The molecule has 80 valence electrons. The van der Waals surface area contributed by atoms with E-state index in [-0.39, 0.29) is 0 Å². The lowest BCUT2D eigenvalue weighted by Gasteiger charge is -2.21. The molecular weight excluding hydrogens is 188 g/mol. The van der Waals surface area contributed by atoms with E-state index in [4.69, 9.17) is 4.74 Å². The molecule has 15 heavy (non-hydrogen) atoms. The molecule has 0 aliphatic carbocycles. The van der Waals surface area contributed by atoms with E-state index in [1.54, 1.807) is 7.11 Å². The highest BCUT2D eigenvalue weighted by molar-refractivity contribution is 5.21. The summed E-state index contributed by atoms with van der Waals surface area (Å²) in [6.07, 6.45) is 1.34. The Morgan fingerprint density at radius 1 is 1.40 bits per heavy atom. The number of ether oxygens (including phenoxy) is 1. The van der Waals surface area contributed by atoms with Gasteiger partial charge in [0.25, 0.3) is 0 Å². The summed E-state index contributed by atoms with van der Waals surface area (Å²) in [7, 11) is 1.68. The first kappa shape index (κ1) is 9.16. The first-order chi connectivity index (χ1) is 7.36. The fourth-order valence-corrected chi connectivity index (χ4v) is 2.87. The van der Waals surface area contributed by atoms with E-state index >= 15 is 0 Å². The number of nitrogens with zero attached hydrogens (tertiary/aromatic N) is 2. The van der Waals surface area contributed by atoms with E-state index in [0.29, 0.717) is 5.92 Å². The van der Waals surface area contributed by atoms with Crippen LogP contribution in [0.1, 0.15) is 18.0 Å². The lowest BCUT2D eigenvalue weighted by molar-refractivity contribution is 0.340. The third-order valence-corrected chi connectivity index (χ3v) is 3.67. The normalized spacial score (nSPS) is 33.3. The monoisotopic (exact) mass is 204 g/mol. The van der Waals surface area contributed by atoms with Gasteiger partial charge in [-0.3, -0.25) is 0 Å². The molecule has 2 bridgehead atoms. The lowest BCUT2D eigenvalue weighted by Crippen LogP contribution is -2.22. The van der Waals surface area contributed by atoms with Crippen molar-refractivity contribution < 1.29 is 4.74 Å². The van der Waals surface area contributed by atoms with Gasteiger partial charge in [-0.1, -0.05) is 6.07 Å². The second-order valence-corrected chi connectivity index (χ2v) is 4.52. The van der Waals surface area contributed by atoms with E-state index in [1.165, 1.54) is 31.7 Å². The number of rotatable bonds is 2. The molecule has 0 aromatic carbocycles. The Morgan fingerprint density at radius 3 is 3.00 bits per heavy atom. The molecule has 3 rings (SSSR count). The second-order valence-electron chi connectivity index (χ2n) is 4.52. The van der Waals surface area contributed by atoms with E-state index in [0.717, 1.165) is 11.8 Å². The Morgan fingerprint density at radius 2 is 2.33 bits per heavy atom. The van der Waals surface area contributed by atoms with Crippen LogP contribution in [0.3, 0.4) is 0 Å². The highest BCUT2D eigenvalue weighted by atomic mass is 16.5. The van der Waals surface area contributed by atoms with Crippen LogP contribution in [-0.2, 0) is 0 Å². The van der Waals surface area contributed by atoms with Gasteiger partial charge in [-0.15, -0.1) is 0 Å². The predicted molar refractivity (Wildman–Crippen MR) is 58.1 cm³/mol. The summed E-state index contributed by atoms with van der Waals surface area (Å²) in [5.41, 5.74) is 1.21. The zero-order valence-corrected chi connectivity index (χ0v) is 9.02. The second kappa shape index (κ2) is 3.49. The quantitative estimate of drug-likeness (QED) is 0.730. The molecule has 3 heteroatoms. The maximum atomic E-state index is 5.17. The minimum atomic E-state index is 0.633. The summed E-state index contributed by atoms with van der Waals surface area (Å²) in [6, 6.07) is 6.09. The summed E-state index contributed by atoms with van der Waals surface area (Å²) in [4.78, 5) is 7.08. The van der Waals surface area contributed by atoms with Gasteiger partial charge in [-0.05, 0) is 24.9 Å². The molecule has 0 radical (unpaired) electrons. The summed E-state index contributed by atoms with van der Waals surface area (Å²) < 4.78 is 5.17. The Kier molecular flexibility index (Phi) is 2.13. The van der Waals surface area contributed by atoms with Crippen LogP contribution in [0, 0.1) is 5.92 Å². The van der Waals surface area contributed by atoms with Crippen molar-refractivity contribution in [2.75, 3.05) is 26.7 Å². The molecule has 0 N–H and O–H groups in total. The molecule has 2 aliphatic heterocycles. The average molecular weight is 204 g/mol. The van der Waals surface area contributed by atoms with Crippen LogP contribution >= 0.6 is 0 Å². The van der Waals surface area contributed by atoms with Crippen molar-refractivity contribution in [2.45, 2.75) is 12.3 Å². The number of piperidine rings is 1. The molecule has 0 spiro atoms. The largest absolute Gasteiger partial charge is 0.481 e. The van der Waals surface area contributed by atoms with Crippen LogP contribution in [0.2, 0.25) is 0 Å². The average Bonchev–Trinajstić information content (AvgIpc) is 2.91. The van der Waals surface area contributed by atoms with E-state index < -0.39 is 0 Å². The van der Waals surface area contributed by atoms with Crippen molar-refractivity contribution in [1.29, 1.82) is 0 Å². The molecule has 2 saturated heterocycles. The van der Waals surface area contributed by atoms with Crippen LogP contribution in [0.15, 0.2) is 18.2 Å². The molecule has 3 heterocycles. The number of hydrogen-bond acceptors (Lipinski definition) is 3. The molecule has 3 nitrogen and oxygen atoms in total. The molecular formula is C12H16N2O. The molecule has 3 unspecified atom stereocenters. The standard InChI is InChI=1S/C12H16N2O/c1-15-12-4-2-3-11(13-12)10-8-14-6-5-9(10)7-14/h2-4,9-10H,5-8H2,1H3. The molecule has 2 aliphatic rings. The number of aromatic nitrogens is 1. The van der Waals surface area contributed by atoms with Crippen molar-refractivity contribution >= 4 is 0 Å². The number of methoxy groups -OCH3 is 1. The first-order valence-corrected chi connectivity index (χ1v) is 5.60. The van der Waals surface area contributed by atoms with E-state index in [9.17, 15) is 0 Å². The van der Waals surface area contributed by atoms with Crippen LogP contribution in [0.5, 0.6) is 5.88 Å². The fourth-order valence-electron chi connectivity index (χ4n) is 2.87. The molecule has 1 aromatic rings. The molecule has 2 fully saturated rings. The van der Waals surface area contributed by atoms with Crippen molar-refractivity contribution in [2.24, 2.45) is 5.92 Å². The molecule has 3 atom stereocenters. The minimum Gasteiger partial charge on any atom is -0.481 e. The van der Waals surface area contributed by atoms with Crippen LogP contribution < -0.4 is 4.74 Å². The van der Waals surface area contributed by atoms with Gasteiger partial charge in [-0.2, -0.15) is 0 Å². The van der Waals surface area contributed by atoms with Crippen molar-refractivity contribution in [3.05, 3.63) is 23.9 Å². The van der Waals surface area contributed by atoms with Gasteiger partial charge >= 0.3 is 0 Å². The Bertz CT molecular complexity index is 366. The number of hydrogen-bond donors (Lipinski definition) is 0. The molecule has 0 saturated carbocycles. The van der Waals surface area contributed by atoms with Crippen molar-refractivity contribution in [3.8, 4) is 5.88 Å². The highest BCUT2D eigenvalue weighted by Crippen LogP contribution is 2.39. The van der Waals surface area contributed by atoms with Crippen LogP contribution in [0.4, 0.5) is 0 Å². The summed E-state index contributed by atoms with van der Waals surface area (Å²) >= 11 is 0. The Hall–Kier alpha value is -1.09. The Balaban J connectivity index is 1.86. The van der Waals surface area contributed by atoms with Crippen molar-refractivity contribution in [1.82, 2.24) is 9.88 Å². The zero-order valence-electron chi connectivity index (χ0n) is 9.02. The van der Waals surface area contributed by atoms with Crippen LogP contribution in [-0.4, -0.2) is 36.6 Å². The van der Waals surface area contributed by atoms with Gasteiger partial charge in [0.15, 0.2) is 0 Å². The third kappa shape index (κ3) is 1.51. The van der Waals surface area contributed by atoms with Gasteiger partial charge < -0.3 is 9.64 Å². The van der Waals surface area contributed by atoms with Gasteiger partial charge in [-0.25, -0.2) is 4.98 Å². The fraction of sp³-hybridized carbons (Fsp3) is 0.583. The lowest BCUT2D eigenvalue weighted by atomic mass is 9.89. The van der Waals surface area contributed by atoms with E-state index in [2.05, 4.69) is 16.0 Å². The SMILES string of the molecule is COc1cccc(C2CN3CCC2C3)n1. The number of fused-ring (bicyclic) bond motifs is 2. The summed E-state index contributed by atoms with van der Waals surface area (Å²) in [5.74, 6) is 2.20. The topological polar surface area (TPSA) is 25.4 Å². The zero-order chi connectivity index (χ0) is 10.3. The number of pyridine rings is 1. The van der Waals surface area contributed by atoms with Gasteiger partial charge in [0.2, 0.25) is 5.88 Å². The maximum absolute atomic E-state index is 5.17. The van der Waals surface area contributed by atoms with Gasteiger partial charge in [0.1, 0.15) is 0 Å².